The first-order chi connectivity index (χ1) is 18.1. The molecule has 0 N–H and O–H groups in total. The third-order valence-corrected chi connectivity index (χ3v) is 10.2. The second kappa shape index (κ2) is 13.9. The number of hydrogen-bond donors (Lipinski definition) is 0. The fourth-order valence-corrected chi connectivity index (χ4v) is 7.77. The normalized spacial score (nSPS) is 22.5. The molecule has 1 nitrogen and oxygen atoms in total. The van der Waals surface area contributed by atoms with Crippen LogP contribution in [-0.2, 0) is 0 Å². The van der Waals surface area contributed by atoms with Gasteiger partial charge in [0.25, 0.3) is 0 Å². The molecule has 2 saturated carbocycles. The lowest BCUT2D eigenvalue weighted by Crippen LogP contribution is -2.36. The molecule has 204 valence electrons. The quantitative estimate of drug-likeness (QED) is 0.262. The molecule has 2 fully saturated rings. The van der Waals surface area contributed by atoms with Crippen molar-refractivity contribution < 1.29 is 4.74 Å². The second-order valence-corrected chi connectivity index (χ2v) is 12.6. The van der Waals surface area contributed by atoms with Crippen molar-refractivity contribution in [2.24, 2.45) is 17.3 Å². The maximum absolute atomic E-state index is 5.86. The Morgan fingerprint density at radius 1 is 0.811 bits per heavy atom. The summed E-state index contributed by atoms with van der Waals surface area (Å²) in [7, 11) is 0. The molecule has 2 aliphatic carbocycles. The van der Waals surface area contributed by atoms with Gasteiger partial charge in [0.05, 0.1) is 6.61 Å². The molecule has 0 radical (unpaired) electrons. The minimum absolute atomic E-state index is 0.659. The van der Waals surface area contributed by atoms with Crippen LogP contribution in [-0.4, -0.2) is 6.61 Å². The van der Waals surface area contributed by atoms with Crippen molar-refractivity contribution in [3.8, 4) is 16.9 Å². The first-order valence-electron chi connectivity index (χ1n) is 15.9. The van der Waals surface area contributed by atoms with Crippen LogP contribution in [0.3, 0.4) is 0 Å². The van der Waals surface area contributed by atoms with Crippen LogP contribution in [0.15, 0.2) is 42.5 Å². The number of unbranched alkanes of at least 4 members (excludes halogenated alkanes) is 3. The summed E-state index contributed by atoms with van der Waals surface area (Å²) in [5.74, 6) is 3.48. The van der Waals surface area contributed by atoms with E-state index in [0.717, 1.165) is 30.6 Å². The van der Waals surface area contributed by atoms with Gasteiger partial charge in [0.1, 0.15) is 5.75 Å². The number of aryl methyl sites for hydroxylation is 1. The van der Waals surface area contributed by atoms with Crippen LogP contribution in [0.5, 0.6) is 5.75 Å². The molecule has 0 spiro atoms. The molecule has 1 heteroatoms. The van der Waals surface area contributed by atoms with Crippen molar-refractivity contribution in [2.45, 2.75) is 130 Å². The summed E-state index contributed by atoms with van der Waals surface area (Å²) < 4.78 is 5.86. The summed E-state index contributed by atoms with van der Waals surface area (Å²) in [5.41, 5.74) is 6.33. The van der Waals surface area contributed by atoms with Crippen LogP contribution in [0.25, 0.3) is 11.1 Å². The molecule has 0 amide bonds. The fourth-order valence-electron chi connectivity index (χ4n) is 7.77. The van der Waals surface area contributed by atoms with Crippen LogP contribution in [0.1, 0.15) is 134 Å². The van der Waals surface area contributed by atoms with Crippen LogP contribution >= 0.6 is 0 Å². The van der Waals surface area contributed by atoms with E-state index in [1.54, 1.807) is 5.56 Å². The van der Waals surface area contributed by atoms with E-state index in [1.165, 1.54) is 107 Å². The van der Waals surface area contributed by atoms with E-state index in [2.05, 4.69) is 70.2 Å². The average molecular weight is 503 g/mol. The Kier molecular flexibility index (Phi) is 10.6. The van der Waals surface area contributed by atoms with Crippen molar-refractivity contribution in [3.63, 3.8) is 0 Å². The highest BCUT2D eigenvalue weighted by Gasteiger charge is 2.41. The maximum atomic E-state index is 5.86. The summed E-state index contributed by atoms with van der Waals surface area (Å²) in [6, 6.07) is 15.9. The Morgan fingerprint density at radius 2 is 1.49 bits per heavy atom. The van der Waals surface area contributed by atoms with Gasteiger partial charge < -0.3 is 4.74 Å². The average Bonchev–Trinajstić information content (AvgIpc) is 2.94. The Labute approximate surface area is 228 Å². The monoisotopic (exact) mass is 502 g/mol. The van der Waals surface area contributed by atoms with E-state index >= 15 is 0 Å². The Balaban J connectivity index is 1.36. The van der Waals surface area contributed by atoms with E-state index in [1.807, 2.05) is 0 Å². The molecule has 1 unspecified atom stereocenters. The largest absolute Gasteiger partial charge is 0.494 e. The molecular formula is C36H54O. The van der Waals surface area contributed by atoms with Crippen molar-refractivity contribution in [3.05, 3.63) is 53.6 Å². The number of benzene rings is 2. The van der Waals surface area contributed by atoms with Gasteiger partial charge in [-0.2, -0.15) is 0 Å². The first kappa shape index (κ1) is 28.3. The summed E-state index contributed by atoms with van der Waals surface area (Å²) in [5, 5.41) is 0. The van der Waals surface area contributed by atoms with Gasteiger partial charge in [-0.3, -0.25) is 0 Å². The lowest BCUT2D eigenvalue weighted by Gasteiger charge is -2.47. The summed E-state index contributed by atoms with van der Waals surface area (Å²) in [6.07, 6.45) is 21.4. The SMILES string of the molecule is CCCCCC1([C@H]2CC[C@H](C(C)c3ccc(-c4ccc(OCCCC)cc4)cc3C)CC2)CCCCC1. The standard InChI is InChI=1S/C36H54O/c1-5-7-10-23-36(24-11-9-12-25-36)33-18-13-30(14-19-33)29(4)35-22-17-32(27-28(35)3)31-15-20-34(21-16-31)37-26-8-6-2/h15-17,20-22,27,29-30,33H,5-14,18-19,23-26H2,1-4H3/t29?,30-,33-. The van der Waals surface area contributed by atoms with Crippen molar-refractivity contribution in [1.29, 1.82) is 0 Å². The summed E-state index contributed by atoms with van der Waals surface area (Å²) in [6.45, 7) is 10.2. The number of rotatable bonds is 12. The molecule has 0 heterocycles. The highest BCUT2D eigenvalue weighted by Crippen LogP contribution is 2.53. The third kappa shape index (κ3) is 7.21. The summed E-state index contributed by atoms with van der Waals surface area (Å²) in [4.78, 5) is 0. The van der Waals surface area contributed by atoms with Gasteiger partial charge in [-0.25, -0.2) is 0 Å². The highest BCUT2D eigenvalue weighted by atomic mass is 16.5. The van der Waals surface area contributed by atoms with Gasteiger partial charge in [0.2, 0.25) is 0 Å². The van der Waals surface area contributed by atoms with Crippen LogP contribution in [0.2, 0.25) is 0 Å². The molecule has 0 saturated heterocycles. The molecule has 0 aromatic heterocycles. The number of ether oxygens (including phenoxy) is 1. The van der Waals surface area contributed by atoms with Crippen LogP contribution < -0.4 is 4.74 Å². The highest BCUT2D eigenvalue weighted by molar-refractivity contribution is 5.65. The predicted molar refractivity (Wildman–Crippen MR) is 161 cm³/mol. The van der Waals surface area contributed by atoms with E-state index in [4.69, 9.17) is 4.74 Å². The van der Waals surface area contributed by atoms with Gasteiger partial charge in [-0.15, -0.1) is 0 Å². The van der Waals surface area contributed by atoms with Crippen LogP contribution in [0.4, 0.5) is 0 Å². The van der Waals surface area contributed by atoms with Gasteiger partial charge in [-0.05, 0) is 116 Å². The molecule has 4 rings (SSSR count). The molecule has 1 atom stereocenters. The molecule has 2 aromatic carbocycles. The lowest BCUT2D eigenvalue weighted by molar-refractivity contribution is 0.0409. The van der Waals surface area contributed by atoms with Gasteiger partial charge in [-0.1, -0.05) is 96.0 Å². The minimum atomic E-state index is 0.659. The Bertz CT molecular complexity index is 928. The minimum Gasteiger partial charge on any atom is -0.494 e. The third-order valence-electron chi connectivity index (χ3n) is 10.2. The molecule has 0 aliphatic heterocycles. The fraction of sp³-hybridized carbons (Fsp3) is 0.667. The smallest absolute Gasteiger partial charge is 0.119 e. The Morgan fingerprint density at radius 3 is 2.14 bits per heavy atom. The zero-order valence-electron chi connectivity index (χ0n) is 24.5. The topological polar surface area (TPSA) is 9.23 Å². The predicted octanol–water partition coefficient (Wildman–Crippen LogP) is 11.3. The van der Waals surface area contributed by atoms with E-state index in [9.17, 15) is 0 Å². The van der Waals surface area contributed by atoms with Crippen molar-refractivity contribution in [1.82, 2.24) is 0 Å². The van der Waals surface area contributed by atoms with Crippen LogP contribution in [0, 0.1) is 24.2 Å². The zero-order valence-corrected chi connectivity index (χ0v) is 24.5. The molecular weight excluding hydrogens is 448 g/mol. The number of hydrogen-bond acceptors (Lipinski definition) is 1. The maximum Gasteiger partial charge on any atom is 0.119 e. The molecule has 37 heavy (non-hydrogen) atoms. The van der Waals surface area contributed by atoms with Crippen molar-refractivity contribution >= 4 is 0 Å². The lowest BCUT2D eigenvalue weighted by atomic mass is 9.58. The zero-order chi connectivity index (χ0) is 26.1. The Hall–Kier alpha value is -1.76. The van der Waals surface area contributed by atoms with E-state index < -0.39 is 0 Å². The van der Waals surface area contributed by atoms with Crippen molar-refractivity contribution in [2.75, 3.05) is 6.61 Å². The second-order valence-electron chi connectivity index (χ2n) is 12.6. The van der Waals surface area contributed by atoms with E-state index in [-0.39, 0.29) is 0 Å². The summed E-state index contributed by atoms with van der Waals surface area (Å²) >= 11 is 0. The molecule has 2 aromatic rings. The van der Waals surface area contributed by atoms with Gasteiger partial charge >= 0.3 is 0 Å². The van der Waals surface area contributed by atoms with Gasteiger partial charge in [0, 0.05) is 0 Å². The molecule has 0 bridgehead atoms. The van der Waals surface area contributed by atoms with E-state index in [0.29, 0.717) is 11.3 Å². The van der Waals surface area contributed by atoms with Gasteiger partial charge in [0.15, 0.2) is 0 Å². The molecule has 2 aliphatic rings. The first-order valence-corrected chi connectivity index (χ1v) is 15.9.